The number of carbonyl (C=O) groups excluding carboxylic acids is 2. The lowest BCUT2D eigenvalue weighted by atomic mass is 9.97. The fourth-order valence-corrected chi connectivity index (χ4v) is 3.42. The highest BCUT2D eigenvalue weighted by Crippen LogP contribution is 2.19. The van der Waals surface area contributed by atoms with Crippen molar-refractivity contribution in [2.45, 2.75) is 19.3 Å². The number of aromatic nitrogens is 1. The van der Waals surface area contributed by atoms with Crippen molar-refractivity contribution < 1.29 is 9.59 Å². The summed E-state index contributed by atoms with van der Waals surface area (Å²) in [6.07, 6.45) is 3.49. The van der Waals surface area contributed by atoms with Crippen LogP contribution in [0.3, 0.4) is 0 Å². The molecule has 7 nitrogen and oxygen atoms in total. The van der Waals surface area contributed by atoms with E-state index < -0.39 is 0 Å². The van der Waals surface area contributed by atoms with E-state index in [-0.39, 0.29) is 17.7 Å². The van der Waals surface area contributed by atoms with Gasteiger partial charge in [0.1, 0.15) is 11.9 Å². The molecule has 1 aliphatic rings. The smallest absolute Gasteiger partial charge is 0.229 e. The lowest BCUT2D eigenvalue weighted by Gasteiger charge is -2.31. The molecule has 150 valence electrons. The molecule has 0 bridgehead atoms. The van der Waals surface area contributed by atoms with Crippen molar-refractivity contribution in [2.24, 2.45) is 5.92 Å². The first-order valence-electron chi connectivity index (χ1n) is 9.49. The second kappa shape index (κ2) is 10.0. The summed E-state index contributed by atoms with van der Waals surface area (Å²) >= 11 is 5.81. The maximum Gasteiger partial charge on any atom is 0.229 e. The average Bonchev–Trinajstić information content (AvgIpc) is 2.74. The molecule has 0 spiro atoms. The third-order valence-corrected chi connectivity index (χ3v) is 5.06. The van der Waals surface area contributed by atoms with Crippen LogP contribution in [0.25, 0.3) is 0 Å². The van der Waals surface area contributed by atoms with Crippen molar-refractivity contribution in [1.82, 2.24) is 9.88 Å². The summed E-state index contributed by atoms with van der Waals surface area (Å²) in [6, 6.07) is 12.3. The van der Waals surface area contributed by atoms with Crippen LogP contribution in [-0.2, 0) is 9.59 Å². The summed E-state index contributed by atoms with van der Waals surface area (Å²) < 4.78 is 0. The van der Waals surface area contributed by atoms with E-state index in [4.69, 9.17) is 16.9 Å². The fraction of sp³-hybridized carbons (Fsp3) is 0.333. The number of halogens is 1. The number of nitrogens with zero attached hydrogens (tertiary/aromatic N) is 3. The van der Waals surface area contributed by atoms with Crippen molar-refractivity contribution in [3.8, 4) is 6.07 Å². The van der Waals surface area contributed by atoms with E-state index in [0.717, 1.165) is 19.4 Å². The zero-order chi connectivity index (χ0) is 20.6. The van der Waals surface area contributed by atoms with Crippen molar-refractivity contribution in [1.29, 1.82) is 5.26 Å². The lowest BCUT2D eigenvalue weighted by molar-refractivity contribution is -0.121. The number of carbonyl (C=O) groups is 2. The predicted octanol–water partition coefficient (Wildman–Crippen LogP) is 3.29. The van der Waals surface area contributed by atoms with Gasteiger partial charge in [-0.1, -0.05) is 23.7 Å². The van der Waals surface area contributed by atoms with Crippen LogP contribution in [0.5, 0.6) is 0 Å². The number of pyridine rings is 1. The molecule has 2 heterocycles. The van der Waals surface area contributed by atoms with Gasteiger partial charge in [-0.15, -0.1) is 0 Å². The Kier molecular flexibility index (Phi) is 7.17. The number of nitriles is 1. The molecule has 0 saturated carbocycles. The molecule has 1 aliphatic heterocycles. The Hall–Kier alpha value is -2.95. The highest BCUT2D eigenvalue weighted by molar-refractivity contribution is 6.30. The Labute approximate surface area is 174 Å². The standard InChI is InChI=1S/C21H22ClN5O2/c22-17-7-8-19(24-13-17)26-21(29)16-5-3-10-27(14-16)11-9-20(28)25-18-6-2-1-4-15(18)12-23/h1-2,4,6-8,13,16H,3,5,9-11,14H2,(H,25,28)(H,24,26,29). The monoisotopic (exact) mass is 411 g/mol. The number of anilines is 2. The minimum atomic E-state index is -0.149. The largest absolute Gasteiger partial charge is 0.325 e. The first-order valence-corrected chi connectivity index (χ1v) is 9.86. The molecule has 1 fully saturated rings. The number of hydrogen-bond acceptors (Lipinski definition) is 5. The molecule has 1 aromatic heterocycles. The predicted molar refractivity (Wildman–Crippen MR) is 111 cm³/mol. The van der Waals surface area contributed by atoms with Crippen LogP contribution in [0.2, 0.25) is 5.02 Å². The van der Waals surface area contributed by atoms with Crippen molar-refractivity contribution in [2.75, 3.05) is 30.3 Å². The summed E-state index contributed by atoms with van der Waals surface area (Å²) in [7, 11) is 0. The van der Waals surface area contributed by atoms with Crippen LogP contribution < -0.4 is 10.6 Å². The lowest BCUT2D eigenvalue weighted by Crippen LogP contribution is -2.41. The number of rotatable bonds is 6. The first kappa shape index (κ1) is 20.8. The van der Waals surface area contributed by atoms with Crippen LogP contribution in [-0.4, -0.2) is 41.3 Å². The first-order chi connectivity index (χ1) is 14.0. The Morgan fingerprint density at radius 1 is 1.24 bits per heavy atom. The van der Waals surface area contributed by atoms with Gasteiger partial charge in [0.05, 0.1) is 22.2 Å². The highest BCUT2D eigenvalue weighted by atomic mass is 35.5. The van der Waals surface area contributed by atoms with Gasteiger partial charge in [-0.2, -0.15) is 5.26 Å². The van der Waals surface area contributed by atoms with Crippen molar-refractivity contribution >= 4 is 34.9 Å². The Bertz CT molecular complexity index is 910. The summed E-state index contributed by atoms with van der Waals surface area (Å²) in [5.74, 6) is 0.109. The van der Waals surface area contributed by atoms with Crippen LogP contribution in [0.15, 0.2) is 42.6 Å². The van der Waals surface area contributed by atoms with Crippen molar-refractivity contribution in [3.63, 3.8) is 0 Å². The Morgan fingerprint density at radius 3 is 2.83 bits per heavy atom. The maximum atomic E-state index is 12.5. The number of nitrogens with one attached hydrogen (secondary N) is 2. The third-order valence-electron chi connectivity index (χ3n) is 4.83. The number of benzene rings is 1. The van der Waals surface area contributed by atoms with Gasteiger partial charge in [-0.05, 0) is 43.7 Å². The number of likely N-dealkylation sites (tertiary alicyclic amines) is 1. The maximum absolute atomic E-state index is 12.5. The van der Waals surface area contributed by atoms with Crippen LogP contribution >= 0.6 is 11.6 Å². The van der Waals surface area contributed by atoms with Crippen LogP contribution in [0.4, 0.5) is 11.5 Å². The molecule has 8 heteroatoms. The van der Waals surface area contributed by atoms with Gasteiger partial charge in [0.2, 0.25) is 11.8 Å². The van der Waals surface area contributed by atoms with Crippen LogP contribution in [0.1, 0.15) is 24.8 Å². The molecule has 2 aromatic rings. The van der Waals surface area contributed by atoms with Gasteiger partial charge >= 0.3 is 0 Å². The summed E-state index contributed by atoms with van der Waals surface area (Å²) in [5.41, 5.74) is 0.956. The zero-order valence-electron chi connectivity index (χ0n) is 15.9. The highest BCUT2D eigenvalue weighted by Gasteiger charge is 2.26. The third kappa shape index (κ3) is 6.01. The molecule has 1 unspecified atom stereocenters. The molecule has 1 saturated heterocycles. The molecular weight excluding hydrogens is 390 g/mol. The minimum absolute atomic E-state index is 0.0723. The SMILES string of the molecule is N#Cc1ccccc1NC(=O)CCN1CCCC(C(=O)Nc2ccc(Cl)cn2)C1. The quantitative estimate of drug-likeness (QED) is 0.760. The molecule has 29 heavy (non-hydrogen) atoms. The van der Waals surface area contributed by atoms with Gasteiger partial charge in [-0.25, -0.2) is 4.98 Å². The molecule has 1 aromatic carbocycles. The summed E-state index contributed by atoms with van der Waals surface area (Å²) in [6.45, 7) is 2.01. The number of para-hydroxylation sites is 1. The van der Waals surface area contributed by atoms with E-state index in [0.29, 0.717) is 41.6 Å². The van der Waals surface area contributed by atoms with Gasteiger partial charge in [-0.3, -0.25) is 9.59 Å². The molecule has 3 rings (SSSR count). The molecular formula is C21H22ClN5O2. The topological polar surface area (TPSA) is 98.1 Å². The summed E-state index contributed by atoms with van der Waals surface area (Å²) in [5, 5.41) is 15.2. The Balaban J connectivity index is 1.48. The van der Waals surface area contributed by atoms with E-state index in [9.17, 15) is 9.59 Å². The Morgan fingerprint density at radius 2 is 2.07 bits per heavy atom. The van der Waals surface area contributed by atoms with E-state index in [2.05, 4.69) is 26.6 Å². The number of piperidine rings is 1. The van der Waals surface area contributed by atoms with Crippen LogP contribution in [0, 0.1) is 17.2 Å². The van der Waals surface area contributed by atoms with E-state index in [1.54, 1.807) is 36.4 Å². The zero-order valence-corrected chi connectivity index (χ0v) is 16.7. The van der Waals surface area contributed by atoms with Gasteiger partial charge in [0.15, 0.2) is 0 Å². The molecule has 2 N–H and O–H groups in total. The molecule has 1 atom stereocenters. The molecule has 0 radical (unpaired) electrons. The fourth-order valence-electron chi connectivity index (χ4n) is 3.31. The second-order valence-corrected chi connectivity index (χ2v) is 7.38. The number of hydrogen-bond donors (Lipinski definition) is 2. The summed E-state index contributed by atoms with van der Waals surface area (Å²) in [4.78, 5) is 31.0. The average molecular weight is 412 g/mol. The van der Waals surface area contributed by atoms with Gasteiger partial charge in [0.25, 0.3) is 0 Å². The normalized spacial score (nSPS) is 16.6. The van der Waals surface area contributed by atoms with E-state index in [1.807, 2.05) is 0 Å². The number of amides is 2. The minimum Gasteiger partial charge on any atom is -0.325 e. The van der Waals surface area contributed by atoms with Gasteiger partial charge in [0, 0.05) is 25.7 Å². The van der Waals surface area contributed by atoms with E-state index in [1.165, 1.54) is 6.20 Å². The second-order valence-electron chi connectivity index (χ2n) is 6.95. The molecule has 0 aliphatic carbocycles. The molecule has 2 amide bonds. The van der Waals surface area contributed by atoms with Gasteiger partial charge < -0.3 is 15.5 Å². The van der Waals surface area contributed by atoms with E-state index >= 15 is 0 Å². The van der Waals surface area contributed by atoms with Crippen molar-refractivity contribution in [3.05, 3.63) is 53.2 Å².